The van der Waals surface area contributed by atoms with Crippen LogP contribution in [0.4, 0.5) is 0 Å². The molecular weight excluding hydrogens is 324 g/mol. The van der Waals surface area contributed by atoms with Gasteiger partial charge in [0.2, 0.25) is 5.91 Å². The molecule has 4 nitrogen and oxygen atoms in total. The summed E-state index contributed by atoms with van der Waals surface area (Å²) in [4.78, 5) is 24.5. The highest BCUT2D eigenvalue weighted by atomic mass is 16.2. The average Bonchev–Trinajstić information content (AvgIpc) is 2.69. The van der Waals surface area contributed by atoms with E-state index in [1.807, 2.05) is 54.6 Å². The molecule has 3 rings (SSSR count). The Kier molecular flexibility index (Phi) is 6.18. The van der Waals surface area contributed by atoms with Gasteiger partial charge < -0.3 is 10.6 Å². The first-order valence-electron chi connectivity index (χ1n) is 9.32. The number of hydrogen-bond donors (Lipinski definition) is 2. The fourth-order valence-electron chi connectivity index (χ4n) is 3.36. The maximum absolute atomic E-state index is 12.4. The molecule has 4 heteroatoms. The second-order valence-corrected chi connectivity index (χ2v) is 7.01. The highest BCUT2D eigenvalue weighted by molar-refractivity contribution is 5.98. The lowest BCUT2D eigenvalue weighted by atomic mass is 9.95. The Morgan fingerprint density at radius 1 is 1.00 bits per heavy atom. The van der Waals surface area contributed by atoms with Crippen LogP contribution in [-0.2, 0) is 4.79 Å². The first-order chi connectivity index (χ1) is 12.6. The third-order valence-corrected chi connectivity index (χ3v) is 5.02. The molecule has 1 saturated heterocycles. The molecule has 0 aliphatic carbocycles. The summed E-state index contributed by atoms with van der Waals surface area (Å²) in [6.45, 7) is 4.00. The van der Waals surface area contributed by atoms with Gasteiger partial charge in [0.1, 0.15) is 0 Å². The lowest BCUT2D eigenvalue weighted by Crippen LogP contribution is -2.48. The van der Waals surface area contributed by atoms with Crippen LogP contribution in [0.25, 0.3) is 11.1 Å². The predicted octanol–water partition coefficient (Wildman–Crippen LogP) is 3.43. The van der Waals surface area contributed by atoms with Crippen LogP contribution in [0.1, 0.15) is 36.5 Å². The van der Waals surface area contributed by atoms with E-state index in [-0.39, 0.29) is 30.6 Å². The summed E-state index contributed by atoms with van der Waals surface area (Å²) in [6, 6.07) is 17.9. The summed E-state index contributed by atoms with van der Waals surface area (Å²) in [7, 11) is 0. The molecule has 136 valence electrons. The van der Waals surface area contributed by atoms with Gasteiger partial charge in [-0.05, 0) is 36.6 Å². The topological polar surface area (TPSA) is 58.2 Å². The van der Waals surface area contributed by atoms with Crippen molar-refractivity contribution < 1.29 is 9.59 Å². The number of ketones is 1. The second-order valence-electron chi connectivity index (χ2n) is 7.01. The van der Waals surface area contributed by atoms with Crippen molar-refractivity contribution in [3.63, 3.8) is 0 Å². The van der Waals surface area contributed by atoms with Crippen molar-refractivity contribution in [1.29, 1.82) is 0 Å². The maximum atomic E-state index is 12.4. The first-order valence-corrected chi connectivity index (χ1v) is 9.32. The van der Waals surface area contributed by atoms with Crippen LogP contribution >= 0.6 is 0 Å². The SMILES string of the molecule is CC1CNCCC1NC(=O)CCC(=O)c1ccc(-c2ccccc2)cc1. The quantitative estimate of drug-likeness (QED) is 0.785. The van der Waals surface area contributed by atoms with E-state index in [0.29, 0.717) is 11.5 Å². The van der Waals surface area contributed by atoms with E-state index < -0.39 is 0 Å². The van der Waals surface area contributed by atoms with Crippen molar-refractivity contribution in [3.8, 4) is 11.1 Å². The summed E-state index contributed by atoms with van der Waals surface area (Å²) >= 11 is 0. The molecule has 1 fully saturated rings. The zero-order chi connectivity index (χ0) is 18.4. The Labute approximate surface area is 155 Å². The van der Waals surface area contributed by atoms with Crippen LogP contribution in [0.15, 0.2) is 54.6 Å². The Morgan fingerprint density at radius 3 is 2.38 bits per heavy atom. The normalized spacial score (nSPS) is 19.7. The fourth-order valence-corrected chi connectivity index (χ4v) is 3.36. The molecule has 1 aliphatic rings. The Balaban J connectivity index is 1.51. The van der Waals surface area contributed by atoms with E-state index in [1.54, 1.807) is 0 Å². The number of carbonyl (C=O) groups is 2. The third kappa shape index (κ3) is 4.79. The van der Waals surface area contributed by atoms with Crippen molar-refractivity contribution in [2.24, 2.45) is 5.92 Å². The zero-order valence-corrected chi connectivity index (χ0v) is 15.2. The number of hydrogen-bond acceptors (Lipinski definition) is 3. The molecule has 2 atom stereocenters. The van der Waals surface area contributed by atoms with Gasteiger partial charge in [-0.2, -0.15) is 0 Å². The van der Waals surface area contributed by atoms with E-state index in [9.17, 15) is 9.59 Å². The first kappa shape index (κ1) is 18.3. The summed E-state index contributed by atoms with van der Waals surface area (Å²) < 4.78 is 0. The number of benzene rings is 2. The van der Waals surface area contributed by atoms with Gasteiger partial charge in [0.25, 0.3) is 0 Å². The lowest BCUT2D eigenvalue weighted by Gasteiger charge is -2.30. The molecule has 2 aromatic rings. The van der Waals surface area contributed by atoms with Gasteiger partial charge in [-0.15, -0.1) is 0 Å². The molecule has 0 saturated carbocycles. The van der Waals surface area contributed by atoms with E-state index >= 15 is 0 Å². The predicted molar refractivity (Wildman–Crippen MR) is 104 cm³/mol. The molecule has 0 radical (unpaired) electrons. The molecule has 2 aromatic carbocycles. The third-order valence-electron chi connectivity index (χ3n) is 5.02. The molecular formula is C22H26N2O2. The minimum atomic E-state index is -0.0296. The summed E-state index contributed by atoms with van der Waals surface area (Å²) in [6.07, 6.45) is 1.44. The summed E-state index contributed by atoms with van der Waals surface area (Å²) in [5.74, 6) is 0.407. The van der Waals surface area contributed by atoms with Crippen molar-refractivity contribution in [2.45, 2.75) is 32.2 Å². The van der Waals surface area contributed by atoms with Gasteiger partial charge in [-0.1, -0.05) is 61.5 Å². The minimum Gasteiger partial charge on any atom is -0.353 e. The van der Waals surface area contributed by atoms with Gasteiger partial charge in [0, 0.05) is 24.4 Å². The van der Waals surface area contributed by atoms with Crippen LogP contribution < -0.4 is 10.6 Å². The van der Waals surface area contributed by atoms with Gasteiger partial charge in [-0.3, -0.25) is 9.59 Å². The highest BCUT2D eigenvalue weighted by Gasteiger charge is 2.22. The molecule has 26 heavy (non-hydrogen) atoms. The number of amides is 1. The number of carbonyl (C=O) groups excluding carboxylic acids is 2. The lowest BCUT2D eigenvalue weighted by molar-refractivity contribution is -0.122. The van der Waals surface area contributed by atoms with E-state index in [2.05, 4.69) is 17.6 Å². The van der Waals surface area contributed by atoms with Gasteiger partial charge in [0.05, 0.1) is 0 Å². The maximum Gasteiger partial charge on any atom is 0.220 e. The molecule has 0 bridgehead atoms. The number of Topliss-reactive ketones (excluding diaryl/α,β-unsaturated/α-hetero) is 1. The van der Waals surface area contributed by atoms with Crippen molar-refractivity contribution in [1.82, 2.24) is 10.6 Å². The standard InChI is InChI=1S/C22H26N2O2/c1-16-15-23-14-13-20(16)24-22(26)12-11-21(25)19-9-7-18(8-10-19)17-5-3-2-4-6-17/h2-10,16,20,23H,11-15H2,1H3,(H,24,26). The van der Waals surface area contributed by atoms with Crippen LogP contribution in [0.2, 0.25) is 0 Å². The smallest absolute Gasteiger partial charge is 0.220 e. The number of rotatable bonds is 6. The fraction of sp³-hybridized carbons (Fsp3) is 0.364. The molecule has 1 aliphatic heterocycles. The largest absolute Gasteiger partial charge is 0.353 e. The van der Waals surface area contributed by atoms with Gasteiger partial charge in [0.15, 0.2) is 5.78 Å². The molecule has 2 unspecified atom stereocenters. The average molecular weight is 350 g/mol. The van der Waals surface area contributed by atoms with Crippen LogP contribution in [-0.4, -0.2) is 30.8 Å². The van der Waals surface area contributed by atoms with Crippen LogP contribution in [0.3, 0.4) is 0 Å². The van der Waals surface area contributed by atoms with E-state index in [1.165, 1.54) is 0 Å². The Bertz CT molecular complexity index is 740. The number of piperidine rings is 1. The van der Waals surface area contributed by atoms with E-state index in [4.69, 9.17) is 0 Å². The Hall–Kier alpha value is -2.46. The van der Waals surface area contributed by atoms with Crippen LogP contribution in [0.5, 0.6) is 0 Å². The van der Waals surface area contributed by atoms with E-state index in [0.717, 1.165) is 30.6 Å². The van der Waals surface area contributed by atoms with Crippen LogP contribution in [0, 0.1) is 5.92 Å². The summed E-state index contributed by atoms with van der Waals surface area (Å²) in [5, 5.41) is 6.40. The molecule has 1 amide bonds. The molecule has 1 heterocycles. The number of nitrogens with one attached hydrogen (secondary N) is 2. The molecule has 2 N–H and O–H groups in total. The van der Waals surface area contributed by atoms with Gasteiger partial charge >= 0.3 is 0 Å². The molecule has 0 spiro atoms. The molecule has 0 aromatic heterocycles. The second kappa shape index (κ2) is 8.77. The van der Waals surface area contributed by atoms with Crippen molar-refractivity contribution in [3.05, 3.63) is 60.2 Å². The highest BCUT2D eigenvalue weighted by Crippen LogP contribution is 2.20. The minimum absolute atomic E-state index is 0.0121. The zero-order valence-electron chi connectivity index (χ0n) is 15.2. The Morgan fingerprint density at radius 2 is 1.69 bits per heavy atom. The van der Waals surface area contributed by atoms with Crippen molar-refractivity contribution >= 4 is 11.7 Å². The summed E-state index contributed by atoms with van der Waals surface area (Å²) in [5.41, 5.74) is 2.87. The monoisotopic (exact) mass is 350 g/mol. The van der Waals surface area contributed by atoms with Crippen molar-refractivity contribution in [2.75, 3.05) is 13.1 Å². The van der Waals surface area contributed by atoms with Gasteiger partial charge in [-0.25, -0.2) is 0 Å².